The molecule has 1 aliphatic heterocycles. The molecule has 3 rings (SSSR count). The maximum Gasteiger partial charge on any atom is 0.230 e. The predicted molar refractivity (Wildman–Crippen MR) is 89.0 cm³/mol. The van der Waals surface area contributed by atoms with E-state index in [4.69, 9.17) is 0 Å². The van der Waals surface area contributed by atoms with Gasteiger partial charge in [0.15, 0.2) is 0 Å². The lowest BCUT2D eigenvalue weighted by atomic mass is 9.86. The fraction of sp³-hybridized carbons (Fsp3) is 0.529. The number of benzene rings is 1. The van der Waals surface area contributed by atoms with E-state index in [1.54, 1.807) is 4.90 Å². The Morgan fingerprint density at radius 2 is 2.08 bits per heavy atom. The first kappa shape index (κ1) is 16.6. The van der Waals surface area contributed by atoms with E-state index in [0.717, 1.165) is 30.5 Å². The summed E-state index contributed by atoms with van der Waals surface area (Å²) >= 11 is 0. The molecule has 2 aromatic rings. The fourth-order valence-corrected chi connectivity index (χ4v) is 3.29. The van der Waals surface area contributed by atoms with Crippen LogP contribution in [0, 0.1) is 5.92 Å². The van der Waals surface area contributed by atoms with Gasteiger partial charge in [0.1, 0.15) is 0 Å². The number of aliphatic hydroxyl groups is 1. The van der Waals surface area contributed by atoms with Gasteiger partial charge in [-0.15, -0.1) is 10.2 Å². The molecule has 7 nitrogen and oxygen atoms in total. The molecule has 0 saturated carbocycles. The summed E-state index contributed by atoms with van der Waals surface area (Å²) in [7, 11) is 0. The Morgan fingerprint density at radius 3 is 2.67 bits per heavy atom. The Hall–Kier alpha value is -2.28. The largest absolute Gasteiger partial charge is 0.391 e. The molecule has 2 unspecified atom stereocenters. The van der Waals surface area contributed by atoms with Crippen molar-refractivity contribution in [3.63, 3.8) is 0 Å². The minimum atomic E-state index is -0.406. The maximum absolute atomic E-state index is 13.0. The molecule has 2 heterocycles. The average Bonchev–Trinajstić information content (AvgIpc) is 3.10. The highest BCUT2D eigenvalue weighted by Crippen LogP contribution is 2.29. The summed E-state index contributed by atoms with van der Waals surface area (Å²) in [5, 5.41) is 23.8. The summed E-state index contributed by atoms with van der Waals surface area (Å²) in [5.74, 6) is 0.589. The number of aromatic amines is 1. The van der Waals surface area contributed by atoms with Crippen LogP contribution >= 0.6 is 0 Å². The van der Waals surface area contributed by atoms with E-state index in [1.807, 2.05) is 24.3 Å². The van der Waals surface area contributed by atoms with Crippen LogP contribution in [0.2, 0.25) is 0 Å². The summed E-state index contributed by atoms with van der Waals surface area (Å²) in [6, 6.07) is 7.73. The highest BCUT2D eigenvalue weighted by molar-refractivity contribution is 5.84. The molecular formula is C17H23N5O2. The second-order valence-corrected chi connectivity index (χ2v) is 6.66. The van der Waals surface area contributed by atoms with Crippen LogP contribution in [0.5, 0.6) is 0 Å². The van der Waals surface area contributed by atoms with Crippen molar-refractivity contribution in [2.45, 2.75) is 38.7 Å². The van der Waals surface area contributed by atoms with Gasteiger partial charge < -0.3 is 10.0 Å². The quantitative estimate of drug-likeness (QED) is 0.888. The van der Waals surface area contributed by atoms with E-state index in [1.165, 1.54) is 0 Å². The number of piperidine rings is 1. The number of rotatable bonds is 4. The number of likely N-dealkylation sites (tertiary alicyclic amines) is 1. The van der Waals surface area contributed by atoms with Crippen LogP contribution < -0.4 is 0 Å². The van der Waals surface area contributed by atoms with Crippen molar-refractivity contribution in [3.8, 4) is 11.4 Å². The fourth-order valence-electron chi connectivity index (χ4n) is 3.29. The van der Waals surface area contributed by atoms with E-state index in [9.17, 15) is 9.90 Å². The Bertz CT molecular complexity index is 669. The number of nitrogens with zero attached hydrogens (tertiary/aromatic N) is 4. The molecule has 24 heavy (non-hydrogen) atoms. The Labute approximate surface area is 141 Å². The van der Waals surface area contributed by atoms with Gasteiger partial charge >= 0.3 is 0 Å². The van der Waals surface area contributed by atoms with Gasteiger partial charge in [-0.3, -0.25) is 4.79 Å². The number of H-pyrrole nitrogens is 1. The van der Waals surface area contributed by atoms with Crippen LogP contribution in [0.1, 0.15) is 38.2 Å². The smallest absolute Gasteiger partial charge is 0.230 e. The van der Waals surface area contributed by atoms with E-state index in [2.05, 4.69) is 34.5 Å². The van der Waals surface area contributed by atoms with E-state index >= 15 is 0 Å². The van der Waals surface area contributed by atoms with Crippen molar-refractivity contribution in [1.29, 1.82) is 0 Å². The van der Waals surface area contributed by atoms with Gasteiger partial charge in [0.05, 0.1) is 12.0 Å². The van der Waals surface area contributed by atoms with Gasteiger partial charge in [-0.2, -0.15) is 5.21 Å². The van der Waals surface area contributed by atoms with Crippen molar-refractivity contribution in [3.05, 3.63) is 29.8 Å². The molecule has 1 amide bonds. The summed E-state index contributed by atoms with van der Waals surface area (Å²) in [5.41, 5.74) is 1.83. The molecule has 1 aliphatic rings. The van der Waals surface area contributed by atoms with Crippen LogP contribution in [0.25, 0.3) is 11.4 Å². The lowest BCUT2D eigenvalue weighted by Gasteiger charge is -2.34. The van der Waals surface area contributed by atoms with Crippen molar-refractivity contribution in [2.75, 3.05) is 13.1 Å². The number of amides is 1. The van der Waals surface area contributed by atoms with Crippen molar-refractivity contribution >= 4 is 5.91 Å². The SMILES string of the molecule is CC(C)C(C(=O)N1CCCC(O)C1)c1ccc(-c2nn[nH]n2)cc1. The zero-order chi connectivity index (χ0) is 17.1. The second-order valence-electron chi connectivity index (χ2n) is 6.66. The minimum absolute atomic E-state index is 0.0936. The number of β-amino-alcohol motifs (C(OH)–C–C–N with tert-alkyl or cyclic N) is 1. The number of carbonyl (C=O) groups excluding carboxylic acids is 1. The molecule has 7 heteroatoms. The highest BCUT2D eigenvalue weighted by atomic mass is 16.3. The Balaban J connectivity index is 1.81. The van der Waals surface area contributed by atoms with Crippen molar-refractivity contribution < 1.29 is 9.90 Å². The maximum atomic E-state index is 13.0. The number of nitrogens with one attached hydrogen (secondary N) is 1. The number of aromatic nitrogens is 4. The van der Waals surface area contributed by atoms with E-state index in [-0.39, 0.29) is 17.7 Å². The summed E-state index contributed by atoms with van der Waals surface area (Å²) < 4.78 is 0. The number of carbonyl (C=O) groups is 1. The number of aliphatic hydroxyl groups excluding tert-OH is 1. The van der Waals surface area contributed by atoms with Gasteiger partial charge in [-0.05, 0) is 29.5 Å². The van der Waals surface area contributed by atoms with E-state index in [0.29, 0.717) is 12.4 Å². The molecular weight excluding hydrogens is 306 g/mol. The van der Waals surface area contributed by atoms with Gasteiger partial charge in [-0.1, -0.05) is 38.1 Å². The van der Waals surface area contributed by atoms with Crippen LogP contribution in [-0.2, 0) is 4.79 Å². The molecule has 2 N–H and O–H groups in total. The van der Waals surface area contributed by atoms with Crippen molar-refractivity contribution in [1.82, 2.24) is 25.5 Å². The zero-order valence-electron chi connectivity index (χ0n) is 14.0. The molecule has 1 aromatic heterocycles. The molecule has 0 bridgehead atoms. The monoisotopic (exact) mass is 329 g/mol. The van der Waals surface area contributed by atoms with Gasteiger partial charge in [0.25, 0.3) is 0 Å². The van der Waals surface area contributed by atoms with Crippen LogP contribution in [0.4, 0.5) is 0 Å². The number of tetrazole rings is 1. The summed E-state index contributed by atoms with van der Waals surface area (Å²) in [6.45, 7) is 5.26. The first-order valence-electron chi connectivity index (χ1n) is 8.37. The molecule has 0 spiro atoms. The first-order chi connectivity index (χ1) is 11.6. The third-order valence-electron chi connectivity index (χ3n) is 4.51. The number of hydrogen-bond acceptors (Lipinski definition) is 5. The number of hydrogen-bond donors (Lipinski definition) is 2. The lowest BCUT2D eigenvalue weighted by molar-refractivity contribution is -0.136. The topological polar surface area (TPSA) is 95.0 Å². The molecule has 2 atom stereocenters. The van der Waals surface area contributed by atoms with Gasteiger partial charge in [0.2, 0.25) is 11.7 Å². The summed E-state index contributed by atoms with van der Waals surface area (Å²) in [4.78, 5) is 14.8. The van der Waals surface area contributed by atoms with Gasteiger partial charge in [-0.25, -0.2) is 0 Å². The van der Waals surface area contributed by atoms with Gasteiger partial charge in [0, 0.05) is 18.7 Å². The first-order valence-corrected chi connectivity index (χ1v) is 8.37. The Kier molecular flexibility index (Phi) is 4.89. The normalized spacial score (nSPS) is 19.5. The van der Waals surface area contributed by atoms with Crippen molar-refractivity contribution in [2.24, 2.45) is 5.92 Å². The highest BCUT2D eigenvalue weighted by Gasteiger charge is 2.31. The average molecular weight is 329 g/mol. The Morgan fingerprint density at radius 1 is 1.33 bits per heavy atom. The molecule has 1 aromatic carbocycles. The summed E-state index contributed by atoms with van der Waals surface area (Å²) in [6.07, 6.45) is 1.22. The molecule has 1 fully saturated rings. The molecule has 0 aliphatic carbocycles. The lowest BCUT2D eigenvalue weighted by Crippen LogP contribution is -2.45. The molecule has 1 saturated heterocycles. The zero-order valence-corrected chi connectivity index (χ0v) is 14.0. The van der Waals surface area contributed by atoms with Crippen LogP contribution in [-0.4, -0.2) is 55.7 Å². The van der Waals surface area contributed by atoms with Crippen LogP contribution in [0.15, 0.2) is 24.3 Å². The molecule has 0 radical (unpaired) electrons. The third-order valence-corrected chi connectivity index (χ3v) is 4.51. The minimum Gasteiger partial charge on any atom is -0.391 e. The standard InChI is InChI=1S/C17H23N5O2/c1-11(2)15(17(24)22-9-3-4-14(23)10-22)12-5-7-13(8-6-12)16-18-20-21-19-16/h5-8,11,14-15,23H,3-4,9-10H2,1-2H3,(H,18,19,20,21). The predicted octanol–water partition coefficient (Wildman–Crippen LogP) is 1.59. The van der Waals surface area contributed by atoms with E-state index < -0.39 is 6.10 Å². The van der Waals surface area contributed by atoms with Crippen LogP contribution in [0.3, 0.4) is 0 Å². The second kappa shape index (κ2) is 7.09. The third kappa shape index (κ3) is 3.46. The molecule has 128 valence electrons.